The van der Waals surface area contributed by atoms with Crippen molar-refractivity contribution in [3.05, 3.63) is 71.8 Å². The second kappa shape index (κ2) is 9.23. The summed E-state index contributed by atoms with van der Waals surface area (Å²) in [6.07, 6.45) is 0. The third kappa shape index (κ3) is 5.48. The number of hydrogen-bond acceptors (Lipinski definition) is 6. The van der Waals surface area contributed by atoms with E-state index in [0.29, 0.717) is 11.1 Å². The number of benzene rings is 2. The summed E-state index contributed by atoms with van der Waals surface area (Å²) in [5, 5.41) is 10.5. The Labute approximate surface area is 153 Å². The Balaban J connectivity index is 2.05. The molecule has 0 bridgehead atoms. The summed E-state index contributed by atoms with van der Waals surface area (Å²) in [5.41, 5.74) is -1.42. The molecule has 3 N–H and O–H groups in total. The van der Waals surface area contributed by atoms with E-state index in [1.54, 1.807) is 60.7 Å². The van der Waals surface area contributed by atoms with Crippen molar-refractivity contribution in [1.29, 1.82) is 4.78 Å². The normalized spacial score (nSPS) is 12.2. The maximum Gasteiger partial charge on any atom is 0.351 e. The lowest BCUT2D eigenvalue weighted by molar-refractivity contribution is -0.182. The lowest BCUT2D eigenvalue weighted by atomic mass is 10.1. The van der Waals surface area contributed by atoms with E-state index in [9.17, 15) is 19.2 Å². The molecule has 0 heterocycles. The van der Waals surface area contributed by atoms with Crippen LogP contribution < -0.4 is 0 Å². The van der Waals surface area contributed by atoms with Crippen LogP contribution in [0.5, 0.6) is 0 Å². The first-order valence-electron chi connectivity index (χ1n) is 7.67. The monoisotopic (exact) mass is 377 g/mol. The van der Waals surface area contributed by atoms with Crippen LogP contribution in [0.25, 0.3) is 0 Å². The molecule has 0 radical (unpaired) electrons. The van der Waals surface area contributed by atoms with Crippen LogP contribution >= 0.6 is 0 Å². The molecule has 0 saturated heterocycles. The van der Waals surface area contributed by atoms with Crippen molar-refractivity contribution in [3.63, 3.8) is 0 Å². The molecule has 7 nitrogen and oxygen atoms in total. The second-order valence-corrected chi connectivity index (χ2v) is 6.51. The zero-order valence-electron chi connectivity index (χ0n) is 13.8. The van der Waals surface area contributed by atoms with Gasteiger partial charge in [-0.1, -0.05) is 60.7 Å². The Morgan fingerprint density at radius 1 is 0.885 bits per heavy atom. The maximum absolute atomic E-state index is 12.3. The molecule has 1 unspecified atom stereocenters. The highest BCUT2D eigenvalue weighted by atomic mass is 32.2. The maximum atomic E-state index is 12.3. The van der Waals surface area contributed by atoms with Gasteiger partial charge in [-0.2, -0.15) is 0 Å². The summed E-state index contributed by atoms with van der Waals surface area (Å²) in [5.74, 6) is -3.36. The molecule has 0 amide bonds. The van der Waals surface area contributed by atoms with E-state index in [2.05, 4.69) is 0 Å². The molecule has 8 heteroatoms. The number of aliphatic hydroxyl groups is 1. The Morgan fingerprint density at radius 3 is 1.62 bits per heavy atom. The molecule has 0 aromatic heterocycles. The van der Waals surface area contributed by atoms with Crippen LogP contribution in [0.3, 0.4) is 0 Å². The van der Waals surface area contributed by atoms with Crippen molar-refractivity contribution >= 4 is 22.9 Å². The molecule has 1 atom stereocenters. The predicted octanol–water partition coefficient (Wildman–Crippen LogP) is 2.06. The van der Waals surface area contributed by atoms with Gasteiger partial charge in [-0.25, -0.2) is 9.59 Å². The van der Waals surface area contributed by atoms with Crippen LogP contribution in [-0.4, -0.2) is 33.0 Å². The minimum absolute atomic E-state index is 0.162. The molecule has 2 aromatic rings. The van der Waals surface area contributed by atoms with Crippen LogP contribution in [0.15, 0.2) is 60.7 Å². The Bertz CT molecular complexity index is 710. The molecule has 2 aromatic carbocycles. The summed E-state index contributed by atoms with van der Waals surface area (Å²) in [6.45, 7) is -0.323. The van der Waals surface area contributed by atoms with Gasteiger partial charge in [0.1, 0.15) is 13.2 Å². The standard InChI is InChI=1S/C18H19NO6S/c19-26(23)13-18(22,16(20)24-11-14-7-3-1-4-8-14)17(21)25-12-15-9-5-2-6-10-15/h1-10,22H,11-13H2,(H2,19,23). The summed E-state index contributed by atoms with van der Waals surface area (Å²) in [7, 11) is -2.12. The molecule has 0 fully saturated rings. The van der Waals surface area contributed by atoms with E-state index in [0.717, 1.165) is 0 Å². The van der Waals surface area contributed by atoms with Gasteiger partial charge < -0.3 is 19.1 Å². The zero-order valence-corrected chi connectivity index (χ0v) is 14.6. The minimum Gasteiger partial charge on any atom is -0.458 e. The van der Waals surface area contributed by atoms with Gasteiger partial charge in [-0.15, -0.1) is 0 Å². The third-order valence-corrected chi connectivity index (χ3v) is 4.14. The number of ether oxygens (including phenoxy) is 2. The van der Waals surface area contributed by atoms with Gasteiger partial charge in [0.2, 0.25) is 0 Å². The molecule has 0 aliphatic heterocycles. The molecule has 138 valence electrons. The quantitative estimate of drug-likeness (QED) is 0.479. The topological polar surface area (TPSA) is 117 Å². The van der Waals surface area contributed by atoms with Gasteiger partial charge in [-0.05, 0) is 11.1 Å². The molecule has 0 aliphatic rings. The highest BCUT2D eigenvalue weighted by Crippen LogP contribution is 2.15. The van der Waals surface area contributed by atoms with Gasteiger partial charge in [0.25, 0.3) is 5.60 Å². The number of esters is 2. The second-order valence-electron chi connectivity index (χ2n) is 5.49. The van der Waals surface area contributed by atoms with Gasteiger partial charge >= 0.3 is 11.9 Å². The summed E-state index contributed by atoms with van der Waals surface area (Å²) in [4.78, 5) is 24.5. The minimum atomic E-state index is -2.75. The van der Waals surface area contributed by atoms with Crippen LogP contribution in [0.1, 0.15) is 11.1 Å². The van der Waals surface area contributed by atoms with E-state index in [1.807, 2.05) is 0 Å². The van der Waals surface area contributed by atoms with E-state index in [1.165, 1.54) is 0 Å². The summed E-state index contributed by atoms with van der Waals surface area (Å²) >= 11 is 0. The molecular formula is C18H19NO6S. The van der Waals surface area contributed by atoms with Gasteiger partial charge in [-0.3, -0.25) is 4.78 Å². The number of carbonyl (C=O) groups is 2. The van der Waals surface area contributed by atoms with Gasteiger partial charge in [0.15, 0.2) is 0 Å². The Hall–Kier alpha value is -2.55. The van der Waals surface area contributed by atoms with Gasteiger partial charge in [0, 0.05) is 11.0 Å². The van der Waals surface area contributed by atoms with Crippen molar-refractivity contribution < 1.29 is 28.7 Å². The first-order valence-corrected chi connectivity index (χ1v) is 9.03. The molecule has 0 aliphatic carbocycles. The highest BCUT2D eigenvalue weighted by molar-refractivity contribution is 7.80. The summed E-state index contributed by atoms with van der Waals surface area (Å²) < 4.78 is 26.5. The van der Waals surface area contributed by atoms with Crippen molar-refractivity contribution in [2.75, 3.05) is 5.75 Å². The average molecular weight is 377 g/mol. The average Bonchev–Trinajstić information content (AvgIpc) is 2.65. The van der Waals surface area contributed by atoms with Crippen LogP contribution in [-0.2, 0) is 43.2 Å². The molecule has 26 heavy (non-hydrogen) atoms. The summed E-state index contributed by atoms with van der Waals surface area (Å²) in [6, 6.07) is 17.4. The van der Waals surface area contributed by atoms with Crippen LogP contribution in [0, 0.1) is 4.78 Å². The lowest BCUT2D eigenvalue weighted by Crippen LogP contribution is -2.52. The van der Waals surface area contributed by atoms with E-state index in [-0.39, 0.29) is 13.2 Å². The Morgan fingerprint density at radius 2 is 1.27 bits per heavy atom. The predicted molar refractivity (Wildman–Crippen MR) is 95.0 cm³/mol. The smallest absolute Gasteiger partial charge is 0.351 e. The van der Waals surface area contributed by atoms with Crippen LogP contribution in [0.2, 0.25) is 0 Å². The SMILES string of the molecule is N=S(O)CC(O)(C(=O)OCc1ccccc1)C(=O)OCc1ccccc1. The van der Waals surface area contributed by atoms with Crippen molar-refractivity contribution in [2.24, 2.45) is 0 Å². The lowest BCUT2D eigenvalue weighted by Gasteiger charge is -2.23. The van der Waals surface area contributed by atoms with Crippen LogP contribution in [0.4, 0.5) is 0 Å². The molecule has 0 spiro atoms. The van der Waals surface area contributed by atoms with E-state index in [4.69, 9.17) is 14.3 Å². The van der Waals surface area contributed by atoms with Gasteiger partial charge in [0.05, 0.1) is 5.75 Å². The van der Waals surface area contributed by atoms with Crippen molar-refractivity contribution in [3.8, 4) is 0 Å². The number of nitrogens with one attached hydrogen (secondary N) is 1. The van der Waals surface area contributed by atoms with Crippen molar-refractivity contribution in [2.45, 2.75) is 18.8 Å². The first kappa shape index (κ1) is 19.8. The molecule has 0 saturated carbocycles. The first-order chi connectivity index (χ1) is 12.4. The Kier molecular flexibility index (Phi) is 7.02. The fraction of sp³-hybridized carbons (Fsp3) is 0.222. The van der Waals surface area contributed by atoms with E-state index >= 15 is 0 Å². The largest absolute Gasteiger partial charge is 0.458 e. The fourth-order valence-electron chi connectivity index (χ4n) is 2.08. The number of hydrogen-bond donors (Lipinski definition) is 3. The molecule has 2 rings (SSSR count). The third-order valence-electron chi connectivity index (χ3n) is 3.45. The van der Waals surface area contributed by atoms with Crippen molar-refractivity contribution in [1.82, 2.24) is 0 Å². The number of rotatable bonds is 8. The fourth-order valence-corrected chi connectivity index (χ4v) is 2.72. The van der Waals surface area contributed by atoms with E-state index < -0.39 is 34.3 Å². The zero-order chi connectivity index (χ0) is 19.0. The highest BCUT2D eigenvalue weighted by Gasteiger charge is 2.48. The molecular weight excluding hydrogens is 358 g/mol. The number of carbonyl (C=O) groups excluding carboxylic acids is 2.